The monoisotopic (exact) mass is 348 g/mol. The summed E-state index contributed by atoms with van der Waals surface area (Å²) in [5.41, 5.74) is 1.09. The number of anilines is 1. The van der Waals surface area contributed by atoms with E-state index in [1.165, 1.54) is 0 Å². The van der Waals surface area contributed by atoms with Crippen molar-refractivity contribution in [3.05, 3.63) is 21.9 Å². The molecule has 0 saturated carbocycles. The van der Waals surface area contributed by atoms with Crippen LogP contribution in [-0.4, -0.2) is 31.5 Å². The molecule has 3 rings (SSSR count). The van der Waals surface area contributed by atoms with E-state index in [9.17, 15) is 0 Å². The zero-order valence-corrected chi connectivity index (χ0v) is 13.8. The molecule has 0 atom stereocenters. The van der Waals surface area contributed by atoms with Crippen molar-refractivity contribution in [3.8, 4) is 17.9 Å². The van der Waals surface area contributed by atoms with Gasteiger partial charge in [-0.25, -0.2) is 4.98 Å². The van der Waals surface area contributed by atoms with Crippen LogP contribution >= 0.6 is 22.9 Å². The smallest absolute Gasteiger partial charge is 0.296 e. The number of aromatic amines is 1. The molecule has 0 bridgehead atoms. The maximum atomic E-state index is 5.96. The van der Waals surface area contributed by atoms with Crippen LogP contribution < -0.4 is 10.1 Å². The molecule has 9 heteroatoms. The number of nitrogens with zero attached hydrogens (tertiary/aromatic N) is 4. The van der Waals surface area contributed by atoms with E-state index in [-0.39, 0.29) is 5.28 Å². The molecule has 3 heterocycles. The number of fused-ring (bicyclic) bond motifs is 1. The van der Waals surface area contributed by atoms with Crippen LogP contribution in [0.2, 0.25) is 5.28 Å². The molecule has 0 saturated heterocycles. The Labute approximate surface area is 141 Å². The molecular weight excluding hydrogens is 336 g/mol. The van der Waals surface area contributed by atoms with Crippen LogP contribution in [0.1, 0.15) is 18.4 Å². The van der Waals surface area contributed by atoms with Gasteiger partial charge in [0.1, 0.15) is 11.6 Å². The highest BCUT2D eigenvalue weighted by Gasteiger charge is 2.13. The molecule has 2 N–H and O–H groups in total. The molecule has 3 aromatic heterocycles. The minimum absolute atomic E-state index is 0.131. The molecule has 0 aliphatic carbocycles. The zero-order chi connectivity index (χ0) is 16.1. The Bertz CT molecular complexity index is 851. The molecule has 0 aromatic carbocycles. The summed E-state index contributed by atoms with van der Waals surface area (Å²) in [7, 11) is 0. The first kappa shape index (κ1) is 15.5. The highest BCUT2D eigenvalue weighted by atomic mass is 35.5. The van der Waals surface area contributed by atoms with Crippen molar-refractivity contribution < 1.29 is 4.74 Å². The van der Waals surface area contributed by atoms with Crippen molar-refractivity contribution in [2.75, 3.05) is 11.9 Å². The normalized spacial score (nSPS) is 10.3. The van der Waals surface area contributed by atoms with E-state index in [4.69, 9.17) is 16.3 Å². The summed E-state index contributed by atoms with van der Waals surface area (Å²) < 4.78 is 5.52. The predicted octanol–water partition coefficient (Wildman–Crippen LogP) is 2.87. The van der Waals surface area contributed by atoms with E-state index in [1.54, 1.807) is 24.5 Å². The number of ether oxygens (including phenoxy) is 1. The van der Waals surface area contributed by atoms with Crippen LogP contribution in [0.25, 0.3) is 11.2 Å². The first-order chi connectivity index (χ1) is 11.3. The second-order valence-corrected chi connectivity index (χ2v) is 5.70. The third kappa shape index (κ3) is 3.88. The SMILES string of the molecule is CC#CCCOc1nc2c(NCc3nccs3)nc(Cl)nc2[nH]1. The van der Waals surface area contributed by atoms with Gasteiger partial charge >= 0.3 is 0 Å². The van der Waals surface area contributed by atoms with Gasteiger partial charge in [0.05, 0.1) is 6.54 Å². The molecule has 0 spiro atoms. The van der Waals surface area contributed by atoms with Crippen molar-refractivity contribution in [3.63, 3.8) is 0 Å². The Morgan fingerprint density at radius 1 is 1.39 bits per heavy atom. The van der Waals surface area contributed by atoms with Crippen molar-refractivity contribution in [1.82, 2.24) is 24.9 Å². The molecule has 23 heavy (non-hydrogen) atoms. The van der Waals surface area contributed by atoms with Crippen LogP contribution in [-0.2, 0) is 6.54 Å². The number of thiazole rings is 1. The Hall–Kier alpha value is -2.37. The third-order valence-corrected chi connectivity index (χ3v) is 3.78. The van der Waals surface area contributed by atoms with Crippen molar-refractivity contribution >= 4 is 39.9 Å². The number of halogens is 1. The molecule has 0 amide bonds. The van der Waals surface area contributed by atoms with Gasteiger partial charge in [-0.3, -0.25) is 4.98 Å². The summed E-state index contributed by atoms with van der Waals surface area (Å²) in [6.07, 6.45) is 2.39. The standard InChI is InChI=1S/C14H13ClN6OS/c1-2-3-4-6-22-14-18-10-11(17-8-9-16-5-7-23-9)19-13(15)20-12(10)21-14/h5,7H,4,6,8H2,1H3,(H2,17,18,19,20,21). The fourth-order valence-electron chi connectivity index (χ4n) is 1.87. The third-order valence-electron chi connectivity index (χ3n) is 2.83. The lowest BCUT2D eigenvalue weighted by Crippen LogP contribution is -2.02. The number of nitrogens with one attached hydrogen (secondary N) is 2. The number of H-pyrrole nitrogens is 1. The first-order valence-corrected chi connectivity index (χ1v) is 8.10. The molecule has 0 radical (unpaired) electrons. The van der Waals surface area contributed by atoms with Crippen LogP contribution in [0, 0.1) is 11.8 Å². The molecule has 0 unspecified atom stereocenters. The highest BCUT2D eigenvalue weighted by molar-refractivity contribution is 7.09. The van der Waals surface area contributed by atoms with E-state index in [0.29, 0.717) is 42.6 Å². The number of aromatic nitrogens is 5. The Kier molecular flexibility index (Phi) is 4.90. The summed E-state index contributed by atoms with van der Waals surface area (Å²) in [5.74, 6) is 6.27. The lowest BCUT2D eigenvalue weighted by atomic mass is 10.4. The van der Waals surface area contributed by atoms with Crippen LogP contribution in [0.5, 0.6) is 6.01 Å². The lowest BCUT2D eigenvalue weighted by molar-refractivity contribution is 0.305. The van der Waals surface area contributed by atoms with Crippen LogP contribution in [0.4, 0.5) is 5.82 Å². The highest BCUT2D eigenvalue weighted by Crippen LogP contribution is 2.23. The molecule has 3 aromatic rings. The van der Waals surface area contributed by atoms with Gasteiger partial charge in [0, 0.05) is 18.0 Å². The van der Waals surface area contributed by atoms with Crippen molar-refractivity contribution in [1.29, 1.82) is 0 Å². The van der Waals surface area contributed by atoms with E-state index in [0.717, 1.165) is 5.01 Å². The quantitative estimate of drug-likeness (QED) is 0.404. The van der Waals surface area contributed by atoms with Crippen LogP contribution in [0.3, 0.4) is 0 Å². The van der Waals surface area contributed by atoms with E-state index in [2.05, 4.69) is 42.1 Å². The fourth-order valence-corrected chi connectivity index (χ4v) is 2.59. The molecule has 0 aliphatic rings. The summed E-state index contributed by atoms with van der Waals surface area (Å²) in [6.45, 7) is 2.78. The van der Waals surface area contributed by atoms with E-state index >= 15 is 0 Å². The van der Waals surface area contributed by atoms with Gasteiger partial charge in [-0.1, -0.05) is 0 Å². The van der Waals surface area contributed by atoms with Gasteiger partial charge < -0.3 is 10.1 Å². The second-order valence-electron chi connectivity index (χ2n) is 4.39. The van der Waals surface area contributed by atoms with Gasteiger partial charge in [0.15, 0.2) is 17.0 Å². The maximum Gasteiger partial charge on any atom is 0.296 e. The average Bonchev–Trinajstić information content (AvgIpc) is 3.18. The number of hydrogen-bond acceptors (Lipinski definition) is 7. The Morgan fingerprint density at radius 3 is 3.09 bits per heavy atom. The van der Waals surface area contributed by atoms with Gasteiger partial charge in [-0.05, 0) is 18.5 Å². The predicted molar refractivity (Wildman–Crippen MR) is 89.7 cm³/mol. The van der Waals surface area contributed by atoms with Gasteiger partial charge in [0.25, 0.3) is 6.01 Å². The minimum Gasteiger partial charge on any atom is -0.464 e. The molecular formula is C14H13ClN6OS. The first-order valence-electron chi connectivity index (χ1n) is 6.84. The lowest BCUT2D eigenvalue weighted by Gasteiger charge is -2.03. The summed E-state index contributed by atoms with van der Waals surface area (Å²) >= 11 is 7.51. The minimum atomic E-state index is 0.131. The van der Waals surface area contributed by atoms with E-state index in [1.807, 2.05) is 5.38 Å². The molecule has 118 valence electrons. The van der Waals surface area contributed by atoms with Gasteiger partial charge in [-0.2, -0.15) is 15.0 Å². The largest absolute Gasteiger partial charge is 0.464 e. The average molecular weight is 349 g/mol. The number of rotatable bonds is 6. The van der Waals surface area contributed by atoms with Crippen LogP contribution in [0.15, 0.2) is 11.6 Å². The fraction of sp³-hybridized carbons (Fsp3) is 0.286. The van der Waals surface area contributed by atoms with E-state index < -0.39 is 0 Å². The Balaban J connectivity index is 1.78. The number of hydrogen-bond donors (Lipinski definition) is 2. The van der Waals surface area contributed by atoms with Crippen molar-refractivity contribution in [2.45, 2.75) is 19.9 Å². The summed E-state index contributed by atoms with van der Waals surface area (Å²) in [6, 6.07) is 0.367. The number of imidazole rings is 1. The Morgan fingerprint density at radius 2 is 2.30 bits per heavy atom. The second kappa shape index (κ2) is 7.26. The molecule has 0 aliphatic heterocycles. The summed E-state index contributed by atoms with van der Waals surface area (Å²) in [5, 5.41) is 6.16. The molecule has 7 nitrogen and oxygen atoms in total. The van der Waals surface area contributed by atoms with Crippen molar-refractivity contribution in [2.24, 2.45) is 0 Å². The summed E-state index contributed by atoms with van der Waals surface area (Å²) in [4.78, 5) is 19.9. The zero-order valence-electron chi connectivity index (χ0n) is 12.3. The molecule has 0 fully saturated rings. The topological polar surface area (TPSA) is 88.6 Å². The van der Waals surface area contributed by atoms with Gasteiger partial charge in [-0.15, -0.1) is 23.2 Å². The maximum absolute atomic E-state index is 5.96. The van der Waals surface area contributed by atoms with Gasteiger partial charge in [0.2, 0.25) is 5.28 Å².